The summed E-state index contributed by atoms with van der Waals surface area (Å²) in [7, 11) is 1.23. The fourth-order valence-corrected chi connectivity index (χ4v) is 4.35. The van der Waals surface area contributed by atoms with Crippen LogP contribution in [0.1, 0.15) is 27.3 Å². The summed E-state index contributed by atoms with van der Waals surface area (Å²) in [5.41, 5.74) is 0.435. The summed E-state index contributed by atoms with van der Waals surface area (Å²) in [5.74, 6) is -0.297. The molecule has 0 amide bonds. The first kappa shape index (κ1) is 21.1. The Morgan fingerprint density at radius 3 is 2.55 bits per heavy atom. The van der Waals surface area contributed by atoms with Gasteiger partial charge in [-0.25, -0.2) is 14.6 Å². The second-order valence-electron chi connectivity index (χ2n) is 5.85. The van der Waals surface area contributed by atoms with Gasteiger partial charge in [0.1, 0.15) is 15.6 Å². The Labute approximate surface area is 171 Å². The lowest BCUT2D eigenvalue weighted by Crippen LogP contribution is -2.19. The molecule has 0 unspecified atom stereocenters. The second-order valence-corrected chi connectivity index (χ2v) is 7.67. The van der Waals surface area contributed by atoms with Crippen LogP contribution in [0.2, 0.25) is 0 Å². The number of H-pyrrole nitrogens is 1. The maximum absolute atomic E-state index is 12.7. The highest BCUT2D eigenvalue weighted by Gasteiger charge is 2.30. The number of hydrogen-bond donors (Lipinski definition) is 1. The molecule has 0 aliphatic carbocycles. The number of aromatic nitrogens is 3. The van der Waals surface area contributed by atoms with Crippen molar-refractivity contribution >= 4 is 29.1 Å². The van der Waals surface area contributed by atoms with E-state index in [0.29, 0.717) is 27.7 Å². The van der Waals surface area contributed by atoms with Crippen molar-refractivity contribution in [3.05, 3.63) is 62.6 Å². The Morgan fingerprint density at radius 1 is 1.24 bits per heavy atom. The van der Waals surface area contributed by atoms with E-state index in [4.69, 9.17) is 4.74 Å². The zero-order valence-corrected chi connectivity index (χ0v) is 16.8. The van der Waals surface area contributed by atoms with Gasteiger partial charge in [0.05, 0.1) is 18.4 Å². The lowest BCUT2D eigenvalue weighted by atomic mass is 10.1. The third kappa shape index (κ3) is 4.85. The van der Waals surface area contributed by atoms with Crippen molar-refractivity contribution < 1.29 is 22.7 Å². The van der Waals surface area contributed by atoms with E-state index in [9.17, 15) is 22.8 Å². The molecule has 1 aromatic carbocycles. The van der Waals surface area contributed by atoms with Crippen molar-refractivity contribution in [1.29, 1.82) is 0 Å². The molecule has 2 aromatic heterocycles. The number of nitrogens with one attached hydrogen (secondary N) is 1. The number of thiazole rings is 1. The lowest BCUT2D eigenvalue weighted by Gasteiger charge is -2.08. The van der Waals surface area contributed by atoms with Crippen LogP contribution in [0.25, 0.3) is 10.6 Å². The van der Waals surface area contributed by atoms with Crippen LogP contribution in [-0.4, -0.2) is 28.0 Å². The molecular weight excluding hydrogens is 427 g/mol. The standard InChI is InChI=1S/C18H14F3N3O3S2/c1-9-13(16(25)27-2)15(24-17(26)22-9)29-8-12-7-28-14(23-12)10-3-5-11(6-4-10)18(19,20)21/h3-7H,8H2,1-2H3,(H,22,24,26). The maximum atomic E-state index is 12.7. The summed E-state index contributed by atoms with van der Waals surface area (Å²) < 4.78 is 42.8. The number of ether oxygens (including phenoxy) is 1. The second kappa shape index (κ2) is 8.37. The van der Waals surface area contributed by atoms with Gasteiger partial charge in [-0.2, -0.15) is 18.2 Å². The van der Waals surface area contributed by atoms with Gasteiger partial charge in [-0.15, -0.1) is 11.3 Å². The number of alkyl halides is 3. The number of methoxy groups -OCH3 is 1. The highest BCUT2D eigenvalue weighted by Crippen LogP contribution is 2.33. The van der Waals surface area contributed by atoms with Gasteiger partial charge in [-0.3, -0.25) is 0 Å². The van der Waals surface area contributed by atoms with E-state index >= 15 is 0 Å². The molecule has 11 heteroatoms. The highest BCUT2D eigenvalue weighted by molar-refractivity contribution is 7.98. The Bertz CT molecular complexity index is 1090. The predicted molar refractivity (Wildman–Crippen MR) is 103 cm³/mol. The third-order valence-corrected chi connectivity index (χ3v) is 5.79. The van der Waals surface area contributed by atoms with Gasteiger partial charge in [0, 0.05) is 22.4 Å². The van der Waals surface area contributed by atoms with Gasteiger partial charge in [-0.1, -0.05) is 23.9 Å². The van der Waals surface area contributed by atoms with Crippen LogP contribution in [-0.2, 0) is 16.7 Å². The van der Waals surface area contributed by atoms with Crippen LogP contribution in [0, 0.1) is 6.92 Å². The minimum absolute atomic E-state index is 0.176. The van der Waals surface area contributed by atoms with Crippen molar-refractivity contribution in [3.8, 4) is 10.6 Å². The average Bonchev–Trinajstić information content (AvgIpc) is 3.14. The fraction of sp³-hybridized carbons (Fsp3) is 0.222. The predicted octanol–water partition coefficient (Wildman–Crippen LogP) is 4.30. The minimum Gasteiger partial charge on any atom is -0.465 e. The molecule has 0 saturated carbocycles. The normalized spacial score (nSPS) is 11.5. The molecule has 0 fully saturated rings. The Morgan fingerprint density at radius 2 is 1.93 bits per heavy atom. The van der Waals surface area contributed by atoms with Gasteiger partial charge in [0.25, 0.3) is 0 Å². The van der Waals surface area contributed by atoms with Gasteiger partial charge < -0.3 is 9.72 Å². The Balaban J connectivity index is 1.78. The first-order chi connectivity index (χ1) is 13.7. The molecule has 2 heterocycles. The molecule has 0 atom stereocenters. The van der Waals surface area contributed by atoms with Gasteiger partial charge in [0.15, 0.2) is 0 Å². The van der Waals surface area contributed by atoms with Crippen LogP contribution < -0.4 is 5.69 Å². The van der Waals surface area contributed by atoms with E-state index in [1.165, 1.54) is 30.6 Å². The minimum atomic E-state index is -4.39. The van der Waals surface area contributed by atoms with Crippen LogP contribution >= 0.6 is 23.1 Å². The van der Waals surface area contributed by atoms with Crippen molar-refractivity contribution in [2.75, 3.05) is 7.11 Å². The number of aryl methyl sites for hydroxylation is 1. The third-order valence-electron chi connectivity index (χ3n) is 3.84. The smallest absolute Gasteiger partial charge is 0.416 e. The summed E-state index contributed by atoms with van der Waals surface area (Å²) in [6.07, 6.45) is -4.39. The van der Waals surface area contributed by atoms with Crippen molar-refractivity contribution in [2.45, 2.75) is 23.9 Å². The first-order valence-corrected chi connectivity index (χ1v) is 9.99. The number of rotatable bonds is 5. The molecule has 0 bridgehead atoms. The largest absolute Gasteiger partial charge is 0.465 e. The molecule has 0 saturated heterocycles. The molecule has 0 aliphatic heterocycles. The SMILES string of the molecule is COC(=O)c1c(SCc2csc(-c3ccc(C(F)(F)F)cc3)n2)nc(=O)[nH]c1C. The number of carbonyl (C=O) groups excluding carboxylic acids is 1. The zero-order valence-electron chi connectivity index (χ0n) is 15.2. The van der Waals surface area contributed by atoms with Crippen LogP contribution in [0.3, 0.4) is 0 Å². The number of halogens is 3. The van der Waals surface area contributed by atoms with E-state index in [1.54, 1.807) is 12.3 Å². The number of esters is 1. The summed E-state index contributed by atoms with van der Waals surface area (Å²) in [4.78, 5) is 34.3. The van der Waals surface area contributed by atoms with E-state index in [1.807, 2.05) is 0 Å². The Hall–Kier alpha value is -2.66. The molecular formula is C18H14F3N3O3S2. The average molecular weight is 441 g/mol. The van der Waals surface area contributed by atoms with Crippen molar-refractivity contribution in [1.82, 2.24) is 15.0 Å². The van der Waals surface area contributed by atoms with Gasteiger partial charge in [0.2, 0.25) is 0 Å². The lowest BCUT2D eigenvalue weighted by molar-refractivity contribution is -0.137. The molecule has 0 aliphatic rings. The number of benzene rings is 1. The number of thioether (sulfide) groups is 1. The van der Waals surface area contributed by atoms with Crippen molar-refractivity contribution in [3.63, 3.8) is 0 Å². The number of nitrogens with zero attached hydrogens (tertiary/aromatic N) is 2. The number of carbonyl (C=O) groups is 1. The molecule has 0 spiro atoms. The number of aromatic amines is 1. The molecule has 3 aromatic rings. The highest BCUT2D eigenvalue weighted by atomic mass is 32.2. The van der Waals surface area contributed by atoms with E-state index < -0.39 is 23.4 Å². The Kier molecular flexibility index (Phi) is 6.08. The molecule has 1 N–H and O–H groups in total. The molecule has 3 rings (SSSR count). The van der Waals surface area contributed by atoms with E-state index in [2.05, 4.69) is 15.0 Å². The molecule has 29 heavy (non-hydrogen) atoms. The molecule has 0 radical (unpaired) electrons. The summed E-state index contributed by atoms with van der Waals surface area (Å²) in [6.45, 7) is 1.57. The van der Waals surface area contributed by atoms with Crippen LogP contribution in [0.5, 0.6) is 0 Å². The topological polar surface area (TPSA) is 84.9 Å². The monoisotopic (exact) mass is 441 g/mol. The van der Waals surface area contributed by atoms with E-state index in [0.717, 1.165) is 23.9 Å². The zero-order chi connectivity index (χ0) is 21.2. The molecule has 6 nitrogen and oxygen atoms in total. The van der Waals surface area contributed by atoms with Gasteiger partial charge in [-0.05, 0) is 19.1 Å². The molecule has 152 valence electrons. The summed E-state index contributed by atoms with van der Waals surface area (Å²) in [5, 5.41) is 2.55. The van der Waals surface area contributed by atoms with Crippen LogP contribution in [0.15, 0.2) is 39.5 Å². The quantitative estimate of drug-likeness (QED) is 0.361. The summed E-state index contributed by atoms with van der Waals surface area (Å²) >= 11 is 2.44. The maximum Gasteiger partial charge on any atom is 0.416 e. The van der Waals surface area contributed by atoms with Crippen LogP contribution in [0.4, 0.5) is 13.2 Å². The van der Waals surface area contributed by atoms with Gasteiger partial charge >= 0.3 is 17.8 Å². The fourth-order valence-electron chi connectivity index (χ4n) is 2.46. The summed E-state index contributed by atoms with van der Waals surface area (Å²) in [6, 6.07) is 4.76. The first-order valence-electron chi connectivity index (χ1n) is 8.13. The van der Waals surface area contributed by atoms with Crippen molar-refractivity contribution in [2.24, 2.45) is 0 Å². The number of hydrogen-bond acceptors (Lipinski definition) is 7. The van der Waals surface area contributed by atoms with E-state index in [-0.39, 0.29) is 10.6 Å².